The summed E-state index contributed by atoms with van der Waals surface area (Å²) in [7, 11) is 3.19. The van der Waals surface area contributed by atoms with E-state index in [9.17, 15) is 4.79 Å². The van der Waals surface area contributed by atoms with E-state index >= 15 is 0 Å². The van der Waals surface area contributed by atoms with E-state index in [1.807, 2.05) is 19.1 Å². The van der Waals surface area contributed by atoms with Crippen molar-refractivity contribution in [1.82, 2.24) is 10.2 Å². The van der Waals surface area contributed by atoms with E-state index in [0.29, 0.717) is 0 Å². The second-order valence-electron chi connectivity index (χ2n) is 9.83. The SMILES string of the molecule is CC(C)Oc1ccccc1N1CCN(C2CCCCC2)CC1.CNC(=O)Nc1ccc(OC)cc1C. The number of hydrogen-bond acceptors (Lipinski definition) is 5. The molecule has 2 aromatic carbocycles. The molecule has 2 fully saturated rings. The van der Waals surface area contributed by atoms with Gasteiger partial charge in [0, 0.05) is 45.0 Å². The molecule has 2 aromatic rings. The Morgan fingerprint density at radius 2 is 1.69 bits per heavy atom. The summed E-state index contributed by atoms with van der Waals surface area (Å²) < 4.78 is 11.0. The Labute approximate surface area is 217 Å². The minimum atomic E-state index is -0.224. The number of aryl methyl sites for hydroxylation is 1. The summed E-state index contributed by atoms with van der Waals surface area (Å²) in [5, 5.41) is 5.19. The van der Waals surface area contributed by atoms with Crippen LogP contribution in [0.1, 0.15) is 51.5 Å². The first kappa shape index (κ1) is 27.7. The van der Waals surface area contributed by atoms with Crippen LogP contribution in [0.3, 0.4) is 0 Å². The first-order valence-electron chi connectivity index (χ1n) is 13.3. The molecule has 0 radical (unpaired) electrons. The number of para-hydroxylation sites is 2. The molecule has 0 aromatic heterocycles. The third-order valence-corrected chi connectivity index (χ3v) is 6.88. The molecule has 1 saturated heterocycles. The highest BCUT2D eigenvalue weighted by atomic mass is 16.5. The normalized spacial score (nSPS) is 16.7. The summed E-state index contributed by atoms with van der Waals surface area (Å²) >= 11 is 0. The predicted molar refractivity (Wildman–Crippen MR) is 149 cm³/mol. The predicted octanol–water partition coefficient (Wildman–Crippen LogP) is 5.68. The molecule has 2 aliphatic rings. The molecule has 198 valence electrons. The van der Waals surface area contributed by atoms with E-state index in [-0.39, 0.29) is 12.1 Å². The number of amides is 2. The first-order chi connectivity index (χ1) is 17.4. The van der Waals surface area contributed by atoms with Crippen molar-refractivity contribution in [3.63, 3.8) is 0 Å². The molecular formula is C29H44N4O3. The van der Waals surface area contributed by atoms with Gasteiger partial charge in [-0.25, -0.2) is 4.79 Å². The number of rotatable bonds is 6. The molecule has 0 bridgehead atoms. The lowest BCUT2D eigenvalue weighted by molar-refractivity contribution is 0.147. The zero-order valence-electron chi connectivity index (χ0n) is 22.7. The van der Waals surface area contributed by atoms with Gasteiger partial charge < -0.3 is 25.0 Å². The summed E-state index contributed by atoms with van der Waals surface area (Å²) in [6.07, 6.45) is 7.34. The van der Waals surface area contributed by atoms with Gasteiger partial charge >= 0.3 is 6.03 Å². The molecule has 7 nitrogen and oxygen atoms in total. The molecule has 2 N–H and O–H groups in total. The smallest absolute Gasteiger partial charge is 0.318 e. The van der Waals surface area contributed by atoms with Gasteiger partial charge in [-0.3, -0.25) is 4.90 Å². The van der Waals surface area contributed by atoms with Gasteiger partial charge in [0.05, 0.1) is 18.9 Å². The number of methoxy groups -OCH3 is 1. The van der Waals surface area contributed by atoms with Crippen LogP contribution in [-0.4, -0.2) is 63.4 Å². The maximum absolute atomic E-state index is 11.0. The highest BCUT2D eigenvalue weighted by Gasteiger charge is 2.26. The molecule has 2 amide bonds. The van der Waals surface area contributed by atoms with Crippen LogP contribution in [0.4, 0.5) is 16.2 Å². The average Bonchev–Trinajstić information content (AvgIpc) is 2.90. The van der Waals surface area contributed by atoms with Crippen LogP contribution in [0.2, 0.25) is 0 Å². The highest BCUT2D eigenvalue weighted by Crippen LogP contribution is 2.31. The Morgan fingerprint density at radius 3 is 2.31 bits per heavy atom. The summed E-state index contributed by atoms with van der Waals surface area (Å²) in [5.41, 5.74) is 3.01. The largest absolute Gasteiger partial charge is 0.497 e. The van der Waals surface area contributed by atoms with Crippen molar-refractivity contribution in [1.29, 1.82) is 0 Å². The van der Waals surface area contributed by atoms with Crippen molar-refractivity contribution in [2.75, 3.05) is 50.6 Å². The molecular weight excluding hydrogens is 452 g/mol. The highest BCUT2D eigenvalue weighted by molar-refractivity contribution is 5.89. The van der Waals surface area contributed by atoms with E-state index in [1.54, 1.807) is 20.2 Å². The fourth-order valence-corrected chi connectivity index (χ4v) is 4.93. The van der Waals surface area contributed by atoms with Crippen LogP contribution < -0.4 is 25.0 Å². The maximum atomic E-state index is 11.0. The number of benzene rings is 2. The van der Waals surface area contributed by atoms with E-state index in [1.165, 1.54) is 50.9 Å². The van der Waals surface area contributed by atoms with Crippen LogP contribution >= 0.6 is 0 Å². The number of hydrogen-bond donors (Lipinski definition) is 2. The molecule has 36 heavy (non-hydrogen) atoms. The quantitative estimate of drug-likeness (QED) is 0.538. The van der Waals surface area contributed by atoms with E-state index < -0.39 is 0 Å². The third-order valence-electron chi connectivity index (χ3n) is 6.88. The third kappa shape index (κ3) is 8.05. The minimum absolute atomic E-state index is 0.224. The van der Waals surface area contributed by atoms with Gasteiger partial charge in [0.1, 0.15) is 11.5 Å². The molecule has 0 unspecified atom stereocenters. The molecule has 0 spiro atoms. The fraction of sp³-hybridized carbons (Fsp3) is 0.552. The number of anilines is 2. The molecule has 7 heteroatoms. The summed E-state index contributed by atoms with van der Waals surface area (Å²) in [6, 6.07) is 14.6. The van der Waals surface area contributed by atoms with Crippen molar-refractivity contribution in [2.24, 2.45) is 0 Å². The lowest BCUT2D eigenvalue weighted by atomic mass is 9.94. The van der Waals surface area contributed by atoms with Crippen molar-refractivity contribution in [3.05, 3.63) is 48.0 Å². The lowest BCUT2D eigenvalue weighted by Gasteiger charge is -2.41. The molecule has 4 rings (SSSR count). The van der Waals surface area contributed by atoms with E-state index in [4.69, 9.17) is 9.47 Å². The number of urea groups is 1. The second kappa shape index (κ2) is 14.0. The fourth-order valence-electron chi connectivity index (χ4n) is 4.93. The van der Waals surface area contributed by atoms with Crippen molar-refractivity contribution in [3.8, 4) is 11.5 Å². The van der Waals surface area contributed by atoms with Crippen LogP contribution in [0.25, 0.3) is 0 Å². The Balaban J connectivity index is 0.000000223. The minimum Gasteiger partial charge on any atom is -0.497 e. The van der Waals surface area contributed by atoms with Crippen LogP contribution in [0.5, 0.6) is 11.5 Å². The Hall–Kier alpha value is -2.93. The molecule has 1 aliphatic heterocycles. The number of nitrogens with zero attached hydrogens (tertiary/aromatic N) is 2. The van der Waals surface area contributed by atoms with Gasteiger partial charge in [0.2, 0.25) is 0 Å². The lowest BCUT2D eigenvalue weighted by Crippen LogP contribution is -2.50. The van der Waals surface area contributed by atoms with Crippen LogP contribution in [0.15, 0.2) is 42.5 Å². The Kier molecular flexibility index (Phi) is 10.7. The maximum Gasteiger partial charge on any atom is 0.318 e. The standard InChI is InChI=1S/C19H30N2O.C10H14N2O2/c1-16(2)22-19-11-7-6-10-18(19)21-14-12-20(13-15-21)17-8-4-3-5-9-17;1-7-6-8(14-3)4-5-9(7)12-10(13)11-2/h6-7,10-11,16-17H,3-5,8-9,12-15H2,1-2H3;4-6H,1-3H3,(H2,11,12,13). The molecule has 1 aliphatic carbocycles. The van der Waals surface area contributed by atoms with E-state index in [0.717, 1.165) is 41.9 Å². The zero-order chi connectivity index (χ0) is 25.9. The number of ether oxygens (including phenoxy) is 2. The van der Waals surface area contributed by atoms with Crippen molar-refractivity contribution >= 4 is 17.4 Å². The first-order valence-corrected chi connectivity index (χ1v) is 13.3. The van der Waals surface area contributed by atoms with Crippen LogP contribution in [-0.2, 0) is 0 Å². The van der Waals surface area contributed by atoms with Gasteiger partial charge in [-0.15, -0.1) is 0 Å². The Morgan fingerprint density at radius 1 is 1.00 bits per heavy atom. The number of nitrogens with one attached hydrogen (secondary N) is 2. The van der Waals surface area contributed by atoms with Gasteiger partial charge in [0.25, 0.3) is 0 Å². The molecule has 1 heterocycles. The van der Waals surface area contributed by atoms with E-state index in [2.05, 4.69) is 58.5 Å². The number of piperazine rings is 1. The molecule has 0 atom stereocenters. The molecule has 1 saturated carbocycles. The van der Waals surface area contributed by atoms with Crippen LogP contribution in [0, 0.1) is 6.92 Å². The van der Waals surface area contributed by atoms with Crippen molar-refractivity contribution < 1.29 is 14.3 Å². The zero-order valence-corrected chi connectivity index (χ0v) is 22.7. The summed E-state index contributed by atoms with van der Waals surface area (Å²) in [4.78, 5) is 16.3. The second-order valence-corrected chi connectivity index (χ2v) is 9.83. The topological polar surface area (TPSA) is 66.1 Å². The number of carbonyl (C=O) groups excluding carboxylic acids is 1. The summed E-state index contributed by atoms with van der Waals surface area (Å²) in [6.45, 7) is 10.7. The van der Waals surface area contributed by atoms with Crippen molar-refractivity contribution in [2.45, 2.75) is 65.0 Å². The van der Waals surface area contributed by atoms with Gasteiger partial charge in [-0.05, 0) is 69.5 Å². The monoisotopic (exact) mass is 496 g/mol. The Bertz CT molecular complexity index is 951. The number of carbonyl (C=O) groups is 1. The summed E-state index contributed by atoms with van der Waals surface area (Å²) in [5.74, 6) is 1.81. The van der Waals surface area contributed by atoms with Gasteiger partial charge in [0.15, 0.2) is 0 Å². The van der Waals surface area contributed by atoms with Gasteiger partial charge in [-0.2, -0.15) is 0 Å². The van der Waals surface area contributed by atoms with Gasteiger partial charge in [-0.1, -0.05) is 31.4 Å². The average molecular weight is 497 g/mol.